The zero-order valence-corrected chi connectivity index (χ0v) is 29.2. The van der Waals surface area contributed by atoms with Crippen molar-refractivity contribution in [2.75, 3.05) is 0 Å². The Morgan fingerprint density at radius 2 is 1.03 bits per heavy atom. The minimum Gasteiger partial charge on any atom is -0.0683 e. The largest absolute Gasteiger partial charge is 0.0683 e. The highest BCUT2D eigenvalue weighted by Gasteiger charge is 2.56. The number of hydrogen-bond donors (Lipinski definition) is 0. The minimum absolute atomic E-state index is 0.553. The maximum absolute atomic E-state index is 2.49. The first-order chi connectivity index (χ1) is 18.1. The molecule has 8 fully saturated rings. The molecule has 6 bridgehead atoms. The lowest BCUT2D eigenvalue weighted by atomic mass is 9.43. The Morgan fingerprint density at radius 3 is 1.36 bits per heavy atom. The molecule has 8 aliphatic carbocycles. The highest BCUT2D eigenvalue weighted by atomic mass is 14.6. The molecule has 0 heterocycles. The lowest BCUT2D eigenvalue weighted by Crippen LogP contribution is -2.54. The van der Waals surface area contributed by atoms with Crippen LogP contribution in [0.2, 0.25) is 0 Å². The lowest BCUT2D eigenvalue weighted by molar-refractivity contribution is -0.124. The Kier molecular flexibility index (Phi) is 11.3. The third kappa shape index (κ3) is 7.70. The van der Waals surface area contributed by atoms with E-state index < -0.39 is 0 Å². The summed E-state index contributed by atoms with van der Waals surface area (Å²) in [7, 11) is 0. The van der Waals surface area contributed by atoms with Gasteiger partial charge < -0.3 is 0 Å². The molecule has 0 unspecified atom stereocenters. The fourth-order valence-corrected chi connectivity index (χ4v) is 10.8. The zero-order chi connectivity index (χ0) is 29.2. The summed E-state index contributed by atoms with van der Waals surface area (Å²) in [4.78, 5) is 0. The molecule has 0 aromatic rings. The van der Waals surface area contributed by atoms with Gasteiger partial charge in [-0.05, 0) is 133 Å². The SMILES string of the molecule is CC.CC(C)(C)C12CC3CC(CC(C3)C1)C2.CC(C)(C)C1CCCCCCC1.C[C@H]1[C@H](C)C[C@@H]2C[C@H]1C2(C)C. The van der Waals surface area contributed by atoms with E-state index in [1.165, 1.54) is 57.8 Å². The first kappa shape index (κ1) is 33.5. The van der Waals surface area contributed by atoms with Crippen LogP contribution in [-0.2, 0) is 0 Å². The van der Waals surface area contributed by atoms with Gasteiger partial charge in [0.15, 0.2) is 0 Å². The van der Waals surface area contributed by atoms with Crippen LogP contribution < -0.4 is 0 Å². The van der Waals surface area contributed by atoms with E-state index in [1.54, 1.807) is 38.5 Å². The van der Waals surface area contributed by atoms with E-state index in [9.17, 15) is 0 Å². The van der Waals surface area contributed by atoms with Gasteiger partial charge in [0.05, 0.1) is 0 Å². The molecule has 0 heteroatoms. The molecular weight excluding hydrogens is 468 g/mol. The van der Waals surface area contributed by atoms with Crippen molar-refractivity contribution in [3.8, 4) is 0 Å². The molecule has 0 aromatic carbocycles. The first-order valence-corrected chi connectivity index (χ1v) is 18.1. The Bertz CT molecular complexity index is 683. The van der Waals surface area contributed by atoms with Crippen molar-refractivity contribution in [3.63, 3.8) is 0 Å². The number of fused-ring (bicyclic) bond motifs is 2. The van der Waals surface area contributed by atoms with E-state index in [0.717, 1.165) is 52.8 Å². The maximum atomic E-state index is 2.49. The van der Waals surface area contributed by atoms with Crippen molar-refractivity contribution in [1.82, 2.24) is 0 Å². The summed E-state index contributed by atoms with van der Waals surface area (Å²) in [6, 6.07) is 0. The predicted octanol–water partition coefficient (Wildman–Crippen LogP) is 13.0. The molecule has 0 aliphatic heterocycles. The molecule has 230 valence electrons. The first-order valence-electron chi connectivity index (χ1n) is 18.1. The van der Waals surface area contributed by atoms with E-state index in [1.807, 2.05) is 13.8 Å². The number of rotatable bonds is 0. The van der Waals surface area contributed by atoms with Crippen molar-refractivity contribution >= 4 is 0 Å². The van der Waals surface area contributed by atoms with E-state index in [2.05, 4.69) is 69.2 Å². The van der Waals surface area contributed by atoms with Gasteiger partial charge in [-0.3, -0.25) is 0 Å². The average Bonchev–Trinajstić information content (AvgIpc) is 2.80. The fraction of sp³-hybridized carbons (Fsp3) is 1.00. The van der Waals surface area contributed by atoms with E-state index in [4.69, 9.17) is 0 Å². The van der Waals surface area contributed by atoms with Gasteiger partial charge in [0.25, 0.3) is 0 Å². The zero-order valence-electron chi connectivity index (χ0n) is 29.2. The molecule has 8 rings (SSSR count). The second-order valence-corrected chi connectivity index (χ2v) is 18.3. The van der Waals surface area contributed by atoms with Gasteiger partial charge in [0.2, 0.25) is 0 Å². The Balaban J connectivity index is 0.000000158. The minimum atomic E-state index is 0.553. The normalized spacial score (nSPS) is 40.8. The monoisotopic (exact) mass is 543 g/mol. The molecule has 0 amide bonds. The highest BCUT2D eigenvalue weighted by molar-refractivity contribution is 5.06. The quantitative estimate of drug-likeness (QED) is 0.285. The van der Waals surface area contributed by atoms with Crippen LogP contribution in [0.15, 0.2) is 0 Å². The third-order valence-corrected chi connectivity index (χ3v) is 13.7. The number of hydrogen-bond acceptors (Lipinski definition) is 0. The van der Waals surface area contributed by atoms with Gasteiger partial charge in [-0.15, -0.1) is 0 Å². The molecular formula is C39H74. The smallest absolute Gasteiger partial charge is 0.0241 e. The second-order valence-electron chi connectivity index (χ2n) is 18.3. The van der Waals surface area contributed by atoms with Crippen molar-refractivity contribution in [3.05, 3.63) is 0 Å². The van der Waals surface area contributed by atoms with Gasteiger partial charge in [-0.25, -0.2) is 0 Å². The Hall–Kier alpha value is 0. The van der Waals surface area contributed by atoms with E-state index in [-0.39, 0.29) is 0 Å². The van der Waals surface area contributed by atoms with Crippen LogP contribution >= 0.6 is 0 Å². The molecule has 0 saturated heterocycles. The van der Waals surface area contributed by atoms with Crippen LogP contribution in [-0.4, -0.2) is 0 Å². The molecule has 4 atom stereocenters. The summed E-state index contributed by atoms with van der Waals surface area (Å²) in [6.45, 7) is 28.5. The molecule has 8 aliphatic rings. The molecule has 0 aromatic heterocycles. The summed E-state index contributed by atoms with van der Waals surface area (Å²) in [5.74, 6) is 8.39. The maximum Gasteiger partial charge on any atom is -0.0241 e. The van der Waals surface area contributed by atoms with Crippen LogP contribution in [0.3, 0.4) is 0 Å². The standard InChI is InChI=1S/C14H24.C12H24.C11H20.C2H6/c1-13(2,3)14-7-10-4-11(8-14)6-12(5-10)9-14;1-12(2,3)11-9-7-5-4-6-8-10-11;1-7-5-9-6-10(8(7)2)11(9,3)4;1-2/h10-12H,4-9H2,1-3H3;11H,4-10H2,1-3H3;7-10H,5-6H2,1-4H3;1-2H3/t;;7-,8+,9-,10-;/m..1./s1. The Morgan fingerprint density at radius 1 is 0.590 bits per heavy atom. The molecule has 8 saturated carbocycles. The average molecular weight is 543 g/mol. The molecule has 0 N–H and O–H groups in total. The molecule has 0 radical (unpaired) electrons. The topological polar surface area (TPSA) is 0 Å². The Labute approximate surface area is 248 Å². The summed E-state index contributed by atoms with van der Waals surface area (Å²) < 4.78 is 0. The summed E-state index contributed by atoms with van der Waals surface area (Å²) in [5.41, 5.74) is 2.54. The van der Waals surface area contributed by atoms with Gasteiger partial charge >= 0.3 is 0 Å². The molecule has 0 nitrogen and oxygen atoms in total. The molecule has 0 spiro atoms. The van der Waals surface area contributed by atoms with Crippen LogP contribution in [0.5, 0.6) is 0 Å². The van der Waals surface area contributed by atoms with Crippen molar-refractivity contribution in [2.45, 2.75) is 179 Å². The van der Waals surface area contributed by atoms with Gasteiger partial charge in [-0.2, -0.15) is 0 Å². The van der Waals surface area contributed by atoms with Gasteiger partial charge in [-0.1, -0.05) is 115 Å². The fourth-order valence-electron chi connectivity index (χ4n) is 10.8. The summed E-state index contributed by atoms with van der Waals surface area (Å²) in [5, 5.41) is 0. The third-order valence-electron chi connectivity index (χ3n) is 13.7. The predicted molar refractivity (Wildman–Crippen MR) is 175 cm³/mol. The van der Waals surface area contributed by atoms with Crippen molar-refractivity contribution < 1.29 is 0 Å². The van der Waals surface area contributed by atoms with Gasteiger partial charge in [0, 0.05) is 0 Å². The molecule has 39 heavy (non-hydrogen) atoms. The van der Waals surface area contributed by atoms with Gasteiger partial charge in [0.1, 0.15) is 0 Å². The lowest BCUT2D eigenvalue weighted by Gasteiger charge is -2.62. The van der Waals surface area contributed by atoms with Crippen LogP contribution in [0.1, 0.15) is 179 Å². The highest BCUT2D eigenvalue weighted by Crippen LogP contribution is 2.66. The summed E-state index contributed by atoms with van der Waals surface area (Å²) in [6.07, 6.45) is 22.8. The van der Waals surface area contributed by atoms with Crippen LogP contribution in [0, 0.1) is 69.0 Å². The van der Waals surface area contributed by atoms with Crippen LogP contribution in [0.4, 0.5) is 0 Å². The second kappa shape index (κ2) is 13.1. The summed E-state index contributed by atoms with van der Waals surface area (Å²) >= 11 is 0. The van der Waals surface area contributed by atoms with E-state index >= 15 is 0 Å². The van der Waals surface area contributed by atoms with Crippen molar-refractivity contribution in [1.29, 1.82) is 0 Å². The van der Waals surface area contributed by atoms with Crippen LogP contribution in [0.25, 0.3) is 0 Å². The van der Waals surface area contributed by atoms with Crippen molar-refractivity contribution in [2.24, 2.45) is 69.0 Å². The van der Waals surface area contributed by atoms with E-state index in [0.29, 0.717) is 16.2 Å².